The SMILES string of the molecule is COCCC(NC(=O)NCCC(=O)O)c1ccc(Cl)c(Cl)c1. The van der Waals surface area contributed by atoms with E-state index in [1.165, 1.54) is 0 Å². The molecule has 22 heavy (non-hydrogen) atoms. The predicted molar refractivity (Wildman–Crippen MR) is 84.5 cm³/mol. The van der Waals surface area contributed by atoms with Gasteiger partial charge in [-0.3, -0.25) is 4.79 Å². The third kappa shape index (κ3) is 6.51. The molecular weight excluding hydrogens is 331 g/mol. The molecule has 6 nitrogen and oxygen atoms in total. The molecule has 0 heterocycles. The average Bonchev–Trinajstić information content (AvgIpc) is 2.46. The summed E-state index contributed by atoms with van der Waals surface area (Å²) in [5.74, 6) is -0.972. The van der Waals surface area contributed by atoms with Gasteiger partial charge in [-0.05, 0) is 24.1 Å². The van der Waals surface area contributed by atoms with Crippen LogP contribution in [0.4, 0.5) is 4.79 Å². The topological polar surface area (TPSA) is 87.7 Å². The number of hydrogen-bond donors (Lipinski definition) is 3. The number of carbonyl (C=O) groups excluding carboxylic acids is 1. The number of halogens is 2. The number of aliphatic carboxylic acids is 1. The minimum absolute atomic E-state index is 0.0551. The van der Waals surface area contributed by atoms with Gasteiger partial charge in [0.1, 0.15) is 0 Å². The van der Waals surface area contributed by atoms with Crippen LogP contribution in [0.25, 0.3) is 0 Å². The minimum Gasteiger partial charge on any atom is -0.481 e. The molecule has 0 spiro atoms. The molecule has 0 saturated carbocycles. The number of hydrogen-bond acceptors (Lipinski definition) is 3. The zero-order valence-electron chi connectivity index (χ0n) is 12.1. The van der Waals surface area contributed by atoms with E-state index < -0.39 is 12.0 Å². The second kappa shape index (κ2) is 9.50. The molecular formula is C14H18Cl2N2O4. The average molecular weight is 349 g/mol. The van der Waals surface area contributed by atoms with Gasteiger partial charge in [0, 0.05) is 20.3 Å². The van der Waals surface area contributed by atoms with Gasteiger partial charge in [-0.25, -0.2) is 4.79 Å². The van der Waals surface area contributed by atoms with Crippen LogP contribution in [0.5, 0.6) is 0 Å². The van der Waals surface area contributed by atoms with Crippen molar-refractivity contribution < 1.29 is 19.4 Å². The Bertz CT molecular complexity index is 526. The van der Waals surface area contributed by atoms with Crippen LogP contribution in [0.2, 0.25) is 10.0 Å². The number of carboxylic acid groups (broad SMARTS) is 1. The van der Waals surface area contributed by atoms with Crippen molar-refractivity contribution in [1.29, 1.82) is 0 Å². The van der Waals surface area contributed by atoms with Crippen LogP contribution in [0, 0.1) is 0 Å². The summed E-state index contributed by atoms with van der Waals surface area (Å²) in [6, 6.07) is 4.34. The molecule has 0 aliphatic heterocycles. The van der Waals surface area contributed by atoms with Gasteiger partial charge in [0.05, 0.1) is 22.5 Å². The summed E-state index contributed by atoms with van der Waals surface area (Å²) in [6.45, 7) is 0.500. The number of urea groups is 1. The Balaban J connectivity index is 2.69. The van der Waals surface area contributed by atoms with Crippen LogP contribution in [-0.2, 0) is 9.53 Å². The first-order valence-corrected chi connectivity index (χ1v) is 7.39. The van der Waals surface area contributed by atoms with Gasteiger partial charge in [-0.15, -0.1) is 0 Å². The zero-order chi connectivity index (χ0) is 16.5. The Morgan fingerprint density at radius 2 is 2.05 bits per heavy atom. The highest BCUT2D eigenvalue weighted by Gasteiger charge is 2.15. The highest BCUT2D eigenvalue weighted by atomic mass is 35.5. The van der Waals surface area contributed by atoms with E-state index in [1.807, 2.05) is 0 Å². The van der Waals surface area contributed by atoms with Crippen molar-refractivity contribution in [3.8, 4) is 0 Å². The number of benzene rings is 1. The summed E-state index contributed by atoms with van der Waals surface area (Å²) in [6.07, 6.45) is 0.406. The minimum atomic E-state index is -0.972. The lowest BCUT2D eigenvalue weighted by Crippen LogP contribution is -2.39. The molecule has 122 valence electrons. The van der Waals surface area contributed by atoms with Crippen LogP contribution in [0.1, 0.15) is 24.4 Å². The summed E-state index contributed by atoms with van der Waals surface area (Å²) in [7, 11) is 1.57. The van der Waals surface area contributed by atoms with Crippen LogP contribution in [0.3, 0.4) is 0 Å². The fourth-order valence-corrected chi connectivity index (χ4v) is 2.09. The zero-order valence-corrected chi connectivity index (χ0v) is 13.6. The molecule has 1 atom stereocenters. The lowest BCUT2D eigenvalue weighted by Gasteiger charge is -2.19. The molecule has 0 saturated heterocycles. The number of nitrogens with one attached hydrogen (secondary N) is 2. The van der Waals surface area contributed by atoms with E-state index in [1.54, 1.807) is 25.3 Å². The Morgan fingerprint density at radius 3 is 2.64 bits per heavy atom. The Kier molecular flexibility index (Phi) is 8.01. The van der Waals surface area contributed by atoms with Crippen molar-refractivity contribution in [2.45, 2.75) is 18.9 Å². The molecule has 0 fully saturated rings. The Hall–Kier alpha value is -1.50. The second-order valence-electron chi connectivity index (χ2n) is 4.55. The smallest absolute Gasteiger partial charge is 0.315 e. The molecule has 1 rings (SSSR count). The van der Waals surface area contributed by atoms with Gasteiger partial charge in [0.2, 0.25) is 0 Å². The lowest BCUT2D eigenvalue weighted by molar-refractivity contribution is -0.136. The largest absolute Gasteiger partial charge is 0.481 e. The lowest BCUT2D eigenvalue weighted by atomic mass is 10.0. The fourth-order valence-electron chi connectivity index (χ4n) is 1.78. The molecule has 1 unspecified atom stereocenters. The normalized spacial score (nSPS) is 11.8. The van der Waals surface area contributed by atoms with E-state index in [4.69, 9.17) is 33.0 Å². The van der Waals surface area contributed by atoms with Crippen LogP contribution < -0.4 is 10.6 Å². The van der Waals surface area contributed by atoms with Crippen molar-refractivity contribution in [3.63, 3.8) is 0 Å². The predicted octanol–water partition coefficient (Wildman–Crippen LogP) is 2.84. The van der Waals surface area contributed by atoms with E-state index >= 15 is 0 Å². The van der Waals surface area contributed by atoms with Gasteiger partial charge in [-0.2, -0.15) is 0 Å². The van der Waals surface area contributed by atoms with E-state index in [2.05, 4.69) is 10.6 Å². The molecule has 0 radical (unpaired) electrons. The number of carbonyl (C=O) groups is 2. The third-order valence-electron chi connectivity index (χ3n) is 2.89. The standard InChI is InChI=1S/C14H18Cl2N2O4/c1-22-7-5-12(9-2-3-10(15)11(16)8-9)18-14(21)17-6-4-13(19)20/h2-3,8,12H,4-7H2,1H3,(H,19,20)(H2,17,18,21). The quantitative estimate of drug-likeness (QED) is 0.673. The van der Waals surface area contributed by atoms with Gasteiger partial charge in [0.15, 0.2) is 0 Å². The number of rotatable bonds is 8. The molecule has 0 bridgehead atoms. The molecule has 3 N–H and O–H groups in total. The van der Waals surface area contributed by atoms with Gasteiger partial charge in [-0.1, -0.05) is 29.3 Å². The first kappa shape index (κ1) is 18.5. The molecule has 2 amide bonds. The van der Waals surface area contributed by atoms with Crippen molar-refractivity contribution in [2.75, 3.05) is 20.3 Å². The highest BCUT2D eigenvalue weighted by Crippen LogP contribution is 2.27. The van der Waals surface area contributed by atoms with Crippen LogP contribution >= 0.6 is 23.2 Å². The molecule has 1 aromatic rings. The Morgan fingerprint density at radius 1 is 1.32 bits per heavy atom. The third-order valence-corrected chi connectivity index (χ3v) is 3.63. The first-order chi connectivity index (χ1) is 10.4. The Labute approximate surface area is 138 Å². The second-order valence-corrected chi connectivity index (χ2v) is 5.37. The summed E-state index contributed by atoms with van der Waals surface area (Å²) < 4.78 is 5.03. The van der Waals surface area contributed by atoms with E-state index in [0.717, 1.165) is 5.56 Å². The van der Waals surface area contributed by atoms with E-state index in [0.29, 0.717) is 23.1 Å². The summed E-state index contributed by atoms with van der Waals surface area (Å²) >= 11 is 11.9. The summed E-state index contributed by atoms with van der Waals surface area (Å²) in [5, 5.41) is 14.6. The van der Waals surface area contributed by atoms with E-state index in [9.17, 15) is 9.59 Å². The van der Waals surface area contributed by atoms with Crippen molar-refractivity contribution in [3.05, 3.63) is 33.8 Å². The molecule has 0 aromatic heterocycles. The maximum Gasteiger partial charge on any atom is 0.315 e. The van der Waals surface area contributed by atoms with Gasteiger partial charge in [0.25, 0.3) is 0 Å². The summed E-state index contributed by atoms with van der Waals surface area (Å²) in [5.41, 5.74) is 0.792. The number of ether oxygens (including phenoxy) is 1. The number of amides is 2. The molecule has 1 aromatic carbocycles. The maximum absolute atomic E-state index is 11.8. The number of methoxy groups -OCH3 is 1. The molecule has 0 aliphatic carbocycles. The van der Waals surface area contributed by atoms with E-state index in [-0.39, 0.29) is 19.0 Å². The molecule has 0 aliphatic rings. The number of carboxylic acids is 1. The van der Waals surface area contributed by atoms with Crippen molar-refractivity contribution in [1.82, 2.24) is 10.6 Å². The van der Waals surface area contributed by atoms with Gasteiger partial charge >= 0.3 is 12.0 Å². The highest BCUT2D eigenvalue weighted by molar-refractivity contribution is 6.42. The molecule has 8 heteroatoms. The maximum atomic E-state index is 11.8. The fraction of sp³-hybridized carbons (Fsp3) is 0.429. The van der Waals surface area contributed by atoms with Crippen molar-refractivity contribution in [2.24, 2.45) is 0 Å². The van der Waals surface area contributed by atoms with Crippen molar-refractivity contribution >= 4 is 35.2 Å². The monoisotopic (exact) mass is 348 g/mol. The summed E-state index contributed by atoms with van der Waals surface area (Å²) in [4.78, 5) is 22.2. The first-order valence-electron chi connectivity index (χ1n) is 6.64. The van der Waals surface area contributed by atoms with Crippen LogP contribution in [0.15, 0.2) is 18.2 Å². The van der Waals surface area contributed by atoms with Gasteiger partial charge < -0.3 is 20.5 Å². The van der Waals surface area contributed by atoms with Crippen LogP contribution in [-0.4, -0.2) is 37.4 Å².